The summed E-state index contributed by atoms with van der Waals surface area (Å²) in [5, 5.41) is 0. The van der Waals surface area contributed by atoms with Crippen LogP contribution in [0.15, 0.2) is 11.3 Å². The van der Waals surface area contributed by atoms with Gasteiger partial charge >= 0.3 is 0 Å². The maximum Gasteiger partial charge on any atom is 0.0985 e. The summed E-state index contributed by atoms with van der Waals surface area (Å²) in [6, 6.07) is 0. The Morgan fingerprint density at radius 1 is 0.810 bits per heavy atom. The van der Waals surface area contributed by atoms with Crippen LogP contribution in [0.2, 0.25) is 0 Å². The molecule has 1 aliphatic heterocycles. The third-order valence-corrected chi connectivity index (χ3v) is 5.41. The summed E-state index contributed by atoms with van der Waals surface area (Å²) in [5.74, 6) is 3.01. The Kier molecular flexibility index (Phi) is 7.68. The van der Waals surface area contributed by atoms with Crippen LogP contribution in [0.1, 0.15) is 97.3 Å². The molecule has 0 radical (unpaired) electrons. The number of rotatable bonds is 4. The van der Waals surface area contributed by atoms with Gasteiger partial charge in [0.1, 0.15) is 0 Å². The van der Waals surface area contributed by atoms with Gasteiger partial charge in [0.15, 0.2) is 0 Å². The van der Waals surface area contributed by atoms with Crippen molar-refractivity contribution in [1.82, 2.24) is 0 Å². The van der Waals surface area contributed by atoms with Gasteiger partial charge in [-0.2, -0.15) is 0 Å². The van der Waals surface area contributed by atoms with Crippen LogP contribution < -0.4 is 0 Å². The van der Waals surface area contributed by atoms with Crippen molar-refractivity contribution in [3.05, 3.63) is 11.3 Å². The molecular weight excluding hydrogens is 256 g/mol. The molecule has 1 nitrogen and oxygen atoms in total. The molecule has 0 aromatic rings. The highest BCUT2D eigenvalue weighted by Gasteiger charge is 2.27. The van der Waals surface area contributed by atoms with E-state index in [1.54, 1.807) is 5.57 Å². The standard InChI is InChI=1S/C20H36O/c1-3-11-17-13-8-6-5-7-9-14-18(12-4-2)20-19(17)15-10-16-21-20/h17-18H,3-16H2,1-2H3. The van der Waals surface area contributed by atoms with Crippen molar-refractivity contribution in [2.45, 2.75) is 97.3 Å². The van der Waals surface area contributed by atoms with E-state index in [-0.39, 0.29) is 0 Å². The number of allylic oxidation sites excluding steroid dienone is 2. The first-order valence-electron chi connectivity index (χ1n) is 9.72. The maximum absolute atomic E-state index is 6.28. The topological polar surface area (TPSA) is 9.23 Å². The molecule has 2 atom stereocenters. The summed E-state index contributed by atoms with van der Waals surface area (Å²) in [6.07, 6.45) is 17.8. The summed E-state index contributed by atoms with van der Waals surface area (Å²) in [6.45, 7) is 5.65. The lowest BCUT2D eigenvalue weighted by Crippen LogP contribution is -2.20. The summed E-state index contributed by atoms with van der Waals surface area (Å²) in [5.41, 5.74) is 1.74. The average molecular weight is 293 g/mol. The van der Waals surface area contributed by atoms with Gasteiger partial charge in [0, 0.05) is 5.92 Å². The molecule has 21 heavy (non-hydrogen) atoms. The Morgan fingerprint density at radius 3 is 2.14 bits per heavy atom. The Balaban J connectivity index is 2.23. The van der Waals surface area contributed by atoms with E-state index in [9.17, 15) is 0 Å². The predicted octanol–water partition coefficient (Wildman–Crippen LogP) is 6.63. The molecule has 0 bridgehead atoms. The molecule has 0 spiro atoms. The van der Waals surface area contributed by atoms with Crippen molar-refractivity contribution in [1.29, 1.82) is 0 Å². The van der Waals surface area contributed by atoms with E-state index in [0.29, 0.717) is 0 Å². The van der Waals surface area contributed by atoms with E-state index in [4.69, 9.17) is 4.74 Å². The average Bonchev–Trinajstić information content (AvgIpc) is 2.54. The fourth-order valence-electron chi connectivity index (χ4n) is 4.35. The van der Waals surface area contributed by atoms with Crippen LogP contribution in [0.5, 0.6) is 0 Å². The van der Waals surface area contributed by atoms with Crippen molar-refractivity contribution in [3.8, 4) is 0 Å². The molecular formula is C20H36O. The lowest BCUT2D eigenvalue weighted by atomic mass is 9.81. The van der Waals surface area contributed by atoms with Gasteiger partial charge in [-0.15, -0.1) is 0 Å². The van der Waals surface area contributed by atoms with Gasteiger partial charge in [0.05, 0.1) is 12.4 Å². The van der Waals surface area contributed by atoms with Crippen molar-refractivity contribution in [3.63, 3.8) is 0 Å². The minimum absolute atomic E-state index is 0.725. The summed E-state index contributed by atoms with van der Waals surface area (Å²) in [7, 11) is 0. The molecule has 1 heterocycles. The molecule has 122 valence electrons. The van der Waals surface area contributed by atoms with Gasteiger partial charge in [-0.1, -0.05) is 58.8 Å². The second-order valence-corrected chi connectivity index (χ2v) is 7.16. The third-order valence-electron chi connectivity index (χ3n) is 5.41. The van der Waals surface area contributed by atoms with Gasteiger partial charge in [-0.25, -0.2) is 0 Å². The molecule has 2 rings (SSSR count). The first-order valence-corrected chi connectivity index (χ1v) is 9.72. The molecule has 0 aromatic carbocycles. The number of hydrogen-bond donors (Lipinski definition) is 0. The first-order chi connectivity index (χ1) is 10.4. The van der Waals surface area contributed by atoms with Gasteiger partial charge in [0.25, 0.3) is 0 Å². The van der Waals surface area contributed by atoms with Crippen molar-refractivity contribution < 1.29 is 4.74 Å². The second-order valence-electron chi connectivity index (χ2n) is 7.16. The SMILES string of the molecule is CCCC1CCCCCCCC(CCC)C2=C1CCCO2. The Morgan fingerprint density at radius 2 is 1.43 bits per heavy atom. The fraction of sp³-hybridized carbons (Fsp3) is 0.900. The van der Waals surface area contributed by atoms with E-state index >= 15 is 0 Å². The predicted molar refractivity (Wildman–Crippen MR) is 91.3 cm³/mol. The van der Waals surface area contributed by atoms with E-state index in [0.717, 1.165) is 18.4 Å². The van der Waals surface area contributed by atoms with Crippen LogP contribution in [0.25, 0.3) is 0 Å². The monoisotopic (exact) mass is 292 g/mol. The van der Waals surface area contributed by atoms with Crippen LogP contribution in [0.3, 0.4) is 0 Å². The van der Waals surface area contributed by atoms with Crippen molar-refractivity contribution >= 4 is 0 Å². The van der Waals surface area contributed by atoms with Crippen LogP contribution in [0, 0.1) is 11.8 Å². The van der Waals surface area contributed by atoms with Gasteiger partial charge in [-0.3, -0.25) is 0 Å². The molecule has 2 aliphatic rings. The zero-order valence-electron chi connectivity index (χ0n) is 14.5. The molecule has 0 N–H and O–H groups in total. The zero-order valence-corrected chi connectivity index (χ0v) is 14.5. The van der Waals surface area contributed by atoms with Crippen LogP contribution in [-0.4, -0.2) is 6.61 Å². The van der Waals surface area contributed by atoms with Crippen molar-refractivity contribution in [2.75, 3.05) is 6.61 Å². The Bertz CT molecular complexity index is 288. The van der Waals surface area contributed by atoms with E-state index in [1.165, 1.54) is 89.2 Å². The van der Waals surface area contributed by atoms with Gasteiger partial charge in [-0.05, 0) is 50.0 Å². The largest absolute Gasteiger partial charge is 0.498 e. The highest BCUT2D eigenvalue weighted by atomic mass is 16.5. The molecule has 0 fully saturated rings. The van der Waals surface area contributed by atoms with Gasteiger partial charge in [0.2, 0.25) is 0 Å². The van der Waals surface area contributed by atoms with Crippen molar-refractivity contribution in [2.24, 2.45) is 11.8 Å². The quantitative estimate of drug-likeness (QED) is 0.565. The number of hydrogen-bond acceptors (Lipinski definition) is 1. The highest BCUT2D eigenvalue weighted by Crippen LogP contribution is 2.39. The fourth-order valence-corrected chi connectivity index (χ4v) is 4.35. The molecule has 1 heteroatoms. The molecule has 0 saturated carbocycles. The highest BCUT2D eigenvalue weighted by molar-refractivity contribution is 5.17. The summed E-state index contributed by atoms with van der Waals surface area (Å²) >= 11 is 0. The number of ether oxygens (including phenoxy) is 1. The second kappa shape index (κ2) is 9.54. The molecule has 0 saturated heterocycles. The minimum atomic E-state index is 0.725. The van der Waals surface area contributed by atoms with Crippen LogP contribution >= 0.6 is 0 Å². The van der Waals surface area contributed by atoms with Crippen LogP contribution in [-0.2, 0) is 4.74 Å². The Hall–Kier alpha value is -0.460. The Labute approximate surface area is 132 Å². The van der Waals surface area contributed by atoms with Crippen LogP contribution in [0.4, 0.5) is 0 Å². The van der Waals surface area contributed by atoms with Gasteiger partial charge < -0.3 is 4.74 Å². The molecule has 1 aliphatic carbocycles. The summed E-state index contributed by atoms with van der Waals surface area (Å²) in [4.78, 5) is 0. The maximum atomic E-state index is 6.28. The smallest absolute Gasteiger partial charge is 0.0985 e. The zero-order chi connectivity index (χ0) is 14.9. The molecule has 0 amide bonds. The molecule has 2 unspecified atom stereocenters. The van der Waals surface area contributed by atoms with E-state index < -0.39 is 0 Å². The molecule has 0 aromatic heterocycles. The summed E-state index contributed by atoms with van der Waals surface area (Å²) < 4.78 is 6.28. The lowest BCUT2D eigenvalue weighted by molar-refractivity contribution is 0.138. The van der Waals surface area contributed by atoms with E-state index in [2.05, 4.69) is 13.8 Å². The normalized spacial score (nSPS) is 28.5. The third kappa shape index (κ3) is 5.04. The lowest BCUT2D eigenvalue weighted by Gasteiger charge is -2.31. The van der Waals surface area contributed by atoms with E-state index in [1.807, 2.05) is 0 Å². The first kappa shape index (κ1) is 16.9. The minimum Gasteiger partial charge on any atom is -0.498 e.